The van der Waals surface area contributed by atoms with E-state index in [2.05, 4.69) is 10.1 Å². The molecule has 2 aromatic rings. The summed E-state index contributed by atoms with van der Waals surface area (Å²) in [5.74, 6) is 0.258. The Hall–Kier alpha value is -2.08. The zero-order chi connectivity index (χ0) is 16.6. The third-order valence-corrected chi connectivity index (χ3v) is 4.69. The van der Waals surface area contributed by atoms with E-state index >= 15 is 0 Å². The molecule has 0 aromatic carbocycles. The number of aromatic nitrogens is 3. The van der Waals surface area contributed by atoms with Gasteiger partial charge in [-0.25, -0.2) is 4.98 Å². The summed E-state index contributed by atoms with van der Waals surface area (Å²) in [5.41, 5.74) is 2.27. The number of rotatable bonds is 3. The topological polar surface area (TPSA) is 60.2 Å². The van der Waals surface area contributed by atoms with Gasteiger partial charge in [0.25, 0.3) is 5.91 Å². The van der Waals surface area contributed by atoms with Gasteiger partial charge in [-0.15, -0.1) is 0 Å². The Labute approximate surface area is 140 Å². The van der Waals surface area contributed by atoms with Crippen LogP contribution in [0, 0.1) is 6.92 Å². The highest BCUT2D eigenvalue weighted by molar-refractivity contribution is 6.30. The number of likely N-dealkylation sites (tertiary alicyclic amines) is 1. The Morgan fingerprint density at radius 2 is 2.26 bits per heavy atom. The second-order valence-corrected chi connectivity index (χ2v) is 5.99. The number of halogens is 1. The lowest BCUT2D eigenvalue weighted by Crippen LogP contribution is -2.31. The summed E-state index contributed by atoms with van der Waals surface area (Å²) in [6.07, 6.45) is 3.42. The van der Waals surface area contributed by atoms with Crippen LogP contribution in [-0.2, 0) is 7.05 Å². The van der Waals surface area contributed by atoms with Crippen LogP contribution in [0.4, 0.5) is 0 Å². The first-order valence-corrected chi connectivity index (χ1v) is 7.91. The van der Waals surface area contributed by atoms with E-state index in [9.17, 15) is 4.79 Å². The van der Waals surface area contributed by atoms with Crippen LogP contribution in [0.3, 0.4) is 0 Å². The van der Waals surface area contributed by atoms with E-state index in [1.54, 1.807) is 23.0 Å². The Kier molecular flexibility index (Phi) is 4.26. The molecule has 1 saturated heterocycles. The Balaban J connectivity index is 1.97. The van der Waals surface area contributed by atoms with Gasteiger partial charge in [-0.05, 0) is 31.9 Å². The number of pyridine rings is 1. The van der Waals surface area contributed by atoms with E-state index in [1.165, 1.54) is 7.11 Å². The average Bonchev–Trinajstić information content (AvgIpc) is 3.11. The number of methoxy groups -OCH3 is 1. The van der Waals surface area contributed by atoms with E-state index in [4.69, 9.17) is 16.3 Å². The molecule has 3 rings (SSSR count). The molecule has 2 aromatic heterocycles. The van der Waals surface area contributed by atoms with E-state index in [-0.39, 0.29) is 11.9 Å². The molecule has 1 fully saturated rings. The third-order valence-electron chi connectivity index (χ3n) is 4.24. The van der Waals surface area contributed by atoms with Crippen LogP contribution in [0.25, 0.3) is 0 Å². The van der Waals surface area contributed by atoms with Crippen molar-refractivity contribution in [3.8, 4) is 5.88 Å². The molecule has 0 spiro atoms. The molecule has 0 aliphatic carbocycles. The first-order valence-electron chi connectivity index (χ1n) is 7.53. The van der Waals surface area contributed by atoms with Gasteiger partial charge < -0.3 is 9.64 Å². The minimum absolute atomic E-state index is 0.0615. The van der Waals surface area contributed by atoms with Crippen LogP contribution in [-0.4, -0.2) is 39.2 Å². The normalized spacial score (nSPS) is 17.6. The lowest BCUT2D eigenvalue weighted by atomic mass is 10.1. The highest BCUT2D eigenvalue weighted by Gasteiger charge is 2.35. The lowest BCUT2D eigenvalue weighted by Gasteiger charge is -2.25. The molecule has 122 valence electrons. The summed E-state index contributed by atoms with van der Waals surface area (Å²) >= 11 is 6.39. The first kappa shape index (κ1) is 15.8. The van der Waals surface area contributed by atoms with Crippen molar-refractivity contribution in [1.82, 2.24) is 19.7 Å². The fraction of sp³-hybridized carbons (Fsp3) is 0.438. The van der Waals surface area contributed by atoms with Crippen molar-refractivity contribution in [2.45, 2.75) is 25.8 Å². The predicted molar refractivity (Wildman–Crippen MR) is 86.8 cm³/mol. The van der Waals surface area contributed by atoms with Crippen molar-refractivity contribution in [3.05, 3.63) is 40.3 Å². The molecule has 1 aliphatic heterocycles. The van der Waals surface area contributed by atoms with Gasteiger partial charge in [-0.2, -0.15) is 5.10 Å². The molecular weight excluding hydrogens is 316 g/mol. The van der Waals surface area contributed by atoms with Crippen molar-refractivity contribution in [3.63, 3.8) is 0 Å². The van der Waals surface area contributed by atoms with Gasteiger partial charge >= 0.3 is 0 Å². The molecule has 0 N–H and O–H groups in total. The Morgan fingerprint density at radius 3 is 2.91 bits per heavy atom. The highest BCUT2D eigenvalue weighted by atomic mass is 35.5. The minimum Gasteiger partial charge on any atom is -0.480 e. The number of carbonyl (C=O) groups excluding carboxylic acids is 1. The number of aryl methyl sites for hydroxylation is 2. The maximum absolute atomic E-state index is 13.0. The van der Waals surface area contributed by atoms with Crippen LogP contribution >= 0.6 is 11.6 Å². The second-order valence-electron chi connectivity index (χ2n) is 5.63. The van der Waals surface area contributed by atoms with Crippen molar-refractivity contribution in [2.75, 3.05) is 13.7 Å². The summed E-state index contributed by atoms with van der Waals surface area (Å²) in [6.45, 7) is 2.61. The van der Waals surface area contributed by atoms with Crippen LogP contribution in [0.1, 0.15) is 40.5 Å². The van der Waals surface area contributed by atoms with Gasteiger partial charge in [0, 0.05) is 25.4 Å². The molecule has 23 heavy (non-hydrogen) atoms. The largest absolute Gasteiger partial charge is 0.480 e. The third kappa shape index (κ3) is 2.67. The standard InChI is InChI=1S/C16H19ClN4O2/c1-10-13(14(17)20(2)19-10)12-7-5-9-21(12)16(22)11-6-4-8-18-15(11)23-3/h4,6,8,12H,5,7,9H2,1-3H3. The molecule has 0 radical (unpaired) electrons. The number of ether oxygens (including phenoxy) is 1. The van der Waals surface area contributed by atoms with Gasteiger partial charge in [-0.3, -0.25) is 9.48 Å². The van der Waals surface area contributed by atoms with Crippen LogP contribution < -0.4 is 4.74 Å². The predicted octanol–water partition coefficient (Wildman–Crippen LogP) is 2.76. The van der Waals surface area contributed by atoms with Crippen LogP contribution in [0.5, 0.6) is 5.88 Å². The SMILES string of the molecule is COc1ncccc1C(=O)N1CCCC1c1c(C)nn(C)c1Cl. The van der Waals surface area contributed by atoms with E-state index < -0.39 is 0 Å². The zero-order valence-corrected chi connectivity index (χ0v) is 14.2. The van der Waals surface area contributed by atoms with E-state index in [1.807, 2.05) is 18.9 Å². The quantitative estimate of drug-likeness (QED) is 0.866. The molecule has 1 unspecified atom stereocenters. The molecule has 6 nitrogen and oxygen atoms in total. The number of hydrogen-bond donors (Lipinski definition) is 0. The van der Waals surface area contributed by atoms with Gasteiger partial charge in [0.2, 0.25) is 5.88 Å². The molecule has 0 saturated carbocycles. The minimum atomic E-state index is -0.0863. The van der Waals surface area contributed by atoms with E-state index in [0.717, 1.165) is 24.1 Å². The average molecular weight is 335 g/mol. The number of amides is 1. The van der Waals surface area contributed by atoms with Crippen LogP contribution in [0.2, 0.25) is 5.15 Å². The zero-order valence-electron chi connectivity index (χ0n) is 13.4. The van der Waals surface area contributed by atoms with Crippen molar-refractivity contribution >= 4 is 17.5 Å². The number of carbonyl (C=O) groups is 1. The molecular formula is C16H19ClN4O2. The highest BCUT2D eigenvalue weighted by Crippen LogP contribution is 2.38. The molecule has 1 aliphatic rings. The van der Waals surface area contributed by atoms with Gasteiger partial charge in [-0.1, -0.05) is 11.6 Å². The summed E-state index contributed by atoms with van der Waals surface area (Å²) in [6, 6.07) is 3.42. The summed E-state index contributed by atoms with van der Waals surface area (Å²) in [4.78, 5) is 18.9. The van der Waals surface area contributed by atoms with Crippen molar-refractivity contribution < 1.29 is 9.53 Å². The van der Waals surface area contributed by atoms with Crippen LogP contribution in [0.15, 0.2) is 18.3 Å². The van der Waals surface area contributed by atoms with Crippen molar-refractivity contribution in [2.24, 2.45) is 7.05 Å². The molecule has 7 heteroatoms. The molecule has 1 amide bonds. The molecule has 0 bridgehead atoms. The smallest absolute Gasteiger partial charge is 0.259 e. The summed E-state index contributed by atoms with van der Waals surface area (Å²) in [7, 11) is 3.33. The summed E-state index contributed by atoms with van der Waals surface area (Å²) in [5, 5.41) is 4.95. The maximum Gasteiger partial charge on any atom is 0.259 e. The number of hydrogen-bond acceptors (Lipinski definition) is 4. The Morgan fingerprint density at radius 1 is 1.48 bits per heavy atom. The fourth-order valence-corrected chi connectivity index (χ4v) is 3.51. The first-order chi connectivity index (χ1) is 11.0. The van der Waals surface area contributed by atoms with Gasteiger partial charge in [0.15, 0.2) is 0 Å². The Bertz CT molecular complexity index is 744. The fourth-order valence-electron chi connectivity index (χ4n) is 3.21. The molecule has 1 atom stereocenters. The van der Waals surface area contributed by atoms with Gasteiger partial charge in [0.05, 0.1) is 18.8 Å². The number of nitrogens with zero attached hydrogens (tertiary/aromatic N) is 4. The van der Waals surface area contributed by atoms with E-state index in [0.29, 0.717) is 23.1 Å². The summed E-state index contributed by atoms with van der Waals surface area (Å²) < 4.78 is 6.87. The lowest BCUT2D eigenvalue weighted by molar-refractivity contribution is 0.0731. The monoisotopic (exact) mass is 334 g/mol. The maximum atomic E-state index is 13.0. The molecule has 3 heterocycles. The van der Waals surface area contributed by atoms with Gasteiger partial charge in [0.1, 0.15) is 10.7 Å². The second kappa shape index (κ2) is 6.20. The van der Waals surface area contributed by atoms with Crippen molar-refractivity contribution in [1.29, 1.82) is 0 Å².